The molecule has 0 heterocycles. The zero-order valence-corrected chi connectivity index (χ0v) is 12.7. The number of nitrogens with zero attached hydrogens (tertiary/aromatic N) is 1. The summed E-state index contributed by atoms with van der Waals surface area (Å²) in [5.41, 5.74) is 0.800. The van der Waals surface area contributed by atoms with Crippen LogP contribution in [0.15, 0.2) is 18.2 Å². The van der Waals surface area contributed by atoms with Gasteiger partial charge in [-0.2, -0.15) is 0 Å². The van der Waals surface area contributed by atoms with Gasteiger partial charge in [-0.1, -0.05) is 31.9 Å². The Bertz CT molecular complexity index is 493. The van der Waals surface area contributed by atoms with E-state index in [9.17, 15) is 10.1 Å². The minimum absolute atomic E-state index is 0.0997. The van der Waals surface area contributed by atoms with E-state index in [4.69, 9.17) is 11.6 Å². The molecular formula is C15H21ClN2O2. The fourth-order valence-electron chi connectivity index (χ4n) is 3.21. The minimum atomic E-state index is -0.365. The molecule has 2 rings (SSSR count). The first-order valence-electron chi connectivity index (χ1n) is 7.19. The van der Waals surface area contributed by atoms with Gasteiger partial charge in [0.1, 0.15) is 0 Å². The molecule has 0 saturated heterocycles. The molecule has 20 heavy (non-hydrogen) atoms. The first-order chi connectivity index (χ1) is 9.52. The predicted octanol–water partition coefficient (Wildman–Crippen LogP) is 4.16. The van der Waals surface area contributed by atoms with Gasteiger partial charge in [-0.25, -0.2) is 0 Å². The fourth-order valence-corrected chi connectivity index (χ4v) is 3.38. The van der Waals surface area contributed by atoms with Gasteiger partial charge in [-0.3, -0.25) is 10.1 Å². The molecule has 5 heteroatoms. The Morgan fingerprint density at radius 3 is 2.80 bits per heavy atom. The van der Waals surface area contributed by atoms with E-state index >= 15 is 0 Å². The third-order valence-electron chi connectivity index (χ3n) is 4.55. The predicted molar refractivity (Wildman–Crippen MR) is 80.9 cm³/mol. The summed E-state index contributed by atoms with van der Waals surface area (Å²) in [6.45, 7) is 5.03. The number of rotatable bonds is 5. The van der Waals surface area contributed by atoms with Crippen LogP contribution in [0.4, 0.5) is 5.69 Å². The standard InChI is InChI=1S/C15H21ClN2O2/c1-3-11-5-7-14(10(11)2)17-9-12-4-6-13(16)8-15(12)18(19)20/h4,6,8,10-11,14,17H,3,5,7,9H2,1-2H3. The molecule has 0 aromatic heterocycles. The summed E-state index contributed by atoms with van der Waals surface area (Å²) in [4.78, 5) is 10.7. The summed E-state index contributed by atoms with van der Waals surface area (Å²) in [6.07, 6.45) is 3.61. The summed E-state index contributed by atoms with van der Waals surface area (Å²) < 4.78 is 0. The molecular weight excluding hydrogens is 276 g/mol. The molecule has 0 radical (unpaired) electrons. The summed E-state index contributed by atoms with van der Waals surface area (Å²) in [5.74, 6) is 1.40. The zero-order chi connectivity index (χ0) is 14.7. The number of halogens is 1. The van der Waals surface area contributed by atoms with Crippen molar-refractivity contribution in [3.63, 3.8) is 0 Å². The van der Waals surface area contributed by atoms with Gasteiger partial charge in [0, 0.05) is 29.2 Å². The van der Waals surface area contributed by atoms with E-state index in [-0.39, 0.29) is 10.6 Å². The first-order valence-corrected chi connectivity index (χ1v) is 7.57. The Balaban J connectivity index is 2.03. The van der Waals surface area contributed by atoms with E-state index in [2.05, 4.69) is 19.2 Å². The Kier molecular flexibility index (Phi) is 5.00. The van der Waals surface area contributed by atoms with Crippen molar-refractivity contribution in [2.24, 2.45) is 11.8 Å². The maximum absolute atomic E-state index is 11.1. The number of hydrogen-bond acceptors (Lipinski definition) is 3. The normalized spacial score (nSPS) is 25.9. The van der Waals surface area contributed by atoms with Crippen LogP contribution in [0.3, 0.4) is 0 Å². The van der Waals surface area contributed by atoms with Crippen LogP contribution in [-0.4, -0.2) is 11.0 Å². The molecule has 3 unspecified atom stereocenters. The van der Waals surface area contributed by atoms with Crippen LogP contribution in [0, 0.1) is 22.0 Å². The highest BCUT2D eigenvalue weighted by atomic mass is 35.5. The summed E-state index contributed by atoms with van der Waals surface area (Å²) in [7, 11) is 0. The summed E-state index contributed by atoms with van der Waals surface area (Å²) >= 11 is 5.82. The molecule has 0 amide bonds. The molecule has 4 nitrogen and oxygen atoms in total. The van der Waals surface area contributed by atoms with Gasteiger partial charge in [0.25, 0.3) is 5.69 Å². The average molecular weight is 297 g/mol. The van der Waals surface area contributed by atoms with Crippen molar-refractivity contribution < 1.29 is 4.92 Å². The molecule has 0 bridgehead atoms. The van der Waals surface area contributed by atoms with Gasteiger partial charge >= 0.3 is 0 Å². The summed E-state index contributed by atoms with van der Waals surface area (Å²) in [6, 6.07) is 5.32. The molecule has 1 N–H and O–H groups in total. The third-order valence-corrected chi connectivity index (χ3v) is 4.78. The van der Waals surface area contributed by atoms with Crippen molar-refractivity contribution in [3.05, 3.63) is 38.9 Å². The van der Waals surface area contributed by atoms with Gasteiger partial charge in [-0.15, -0.1) is 0 Å². The molecule has 110 valence electrons. The van der Waals surface area contributed by atoms with Gasteiger partial charge in [0.15, 0.2) is 0 Å². The van der Waals surface area contributed by atoms with Gasteiger partial charge in [0.05, 0.1) is 4.92 Å². The maximum Gasteiger partial charge on any atom is 0.275 e. The third kappa shape index (κ3) is 3.30. The van der Waals surface area contributed by atoms with E-state index in [1.807, 2.05) is 0 Å². The summed E-state index contributed by atoms with van der Waals surface area (Å²) in [5, 5.41) is 14.9. The number of nitro groups is 1. The smallest absolute Gasteiger partial charge is 0.275 e. The Morgan fingerprint density at radius 2 is 2.20 bits per heavy atom. The van der Waals surface area contributed by atoms with Crippen molar-refractivity contribution in [1.82, 2.24) is 5.32 Å². The van der Waals surface area contributed by atoms with Crippen molar-refractivity contribution in [1.29, 1.82) is 0 Å². The lowest BCUT2D eigenvalue weighted by Crippen LogP contribution is -2.32. The van der Waals surface area contributed by atoms with E-state index in [1.165, 1.54) is 18.9 Å². The van der Waals surface area contributed by atoms with Crippen LogP contribution < -0.4 is 5.32 Å². The average Bonchev–Trinajstić information content (AvgIpc) is 2.77. The zero-order valence-electron chi connectivity index (χ0n) is 11.9. The highest BCUT2D eigenvalue weighted by Gasteiger charge is 2.31. The van der Waals surface area contributed by atoms with E-state index in [1.54, 1.807) is 12.1 Å². The van der Waals surface area contributed by atoms with Crippen molar-refractivity contribution in [3.8, 4) is 0 Å². The molecule has 1 aliphatic carbocycles. The molecule has 3 atom stereocenters. The lowest BCUT2D eigenvalue weighted by atomic mass is 9.93. The second kappa shape index (κ2) is 6.55. The van der Waals surface area contributed by atoms with Crippen LogP contribution in [-0.2, 0) is 6.54 Å². The van der Waals surface area contributed by atoms with Crippen LogP contribution >= 0.6 is 11.6 Å². The highest BCUT2D eigenvalue weighted by Crippen LogP contribution is 2.34. The molecule has 1 fully saturated rings. The Labute approximate surface area is 124 Å². The topological polar surface area (TPSA) is 55.2 Å². The number of nitro benzene ring substituents is 1. The quantitative estimate of drug-likeness (QED) is 0.655. The van der Waals surface area contributed by atoms with Crippen LogP contribution in [0.5, 0.6) is 0 Å². The van der Waals surface area contributed by atoms with Crippen molar-refractivity contribution in [2.45, 2.75) is 45.7 Å². The molecule has 0 spiro atoms. The van der Waals surface area contributed by atoms with E-state index < -0.39 is 0 Å². The maximum atomic E-state index is 11.1. The van der Waals surface area contributed by atoms with Crippen molar-refractivity contribution >= 4 is 17.3 Å². The monoisotopic (exact) mass is 296 g/mol. The largest absolute Gasteiger partial charge is 0.309 e. The van der Waals surface area contributed by atoms with Crippen LogP contribution in [0.25, 0.3) is 0 Å². The van der Waals surface area contributed by atoms with E-state index in [0.29, 0.717) is 29.1 Å². The first kappa shape index (κ1) is 15.3. The SMILES string of the molecule is CCC1CCC(NCc2ccc(Cl)cc2[N+](=O)[O-])C1C. The fraction of sp³-hybridized carbons (Fsp3) is 0.600. The molecule has 1 aromatic rings. The molecule has 1 aromatic carbocycles. The lowest BCUT2D eigenvalue weighted by Gasteiger charge is -2.21. The number of nitrogens with one attached hydrogen (secondary N) is 1. The molecule has 1 saturated carbocycles. The Morgan fingerprint density at radius 1 is 1.45 bits per heavy atom. The number of benzene rings is 1. The van der Waals surface area contributed by atoms with Gasteiger partial charge in [-0.05, 0) is 36.8 Å². The van der Waals surface area contributed by atoms with Gasteiger partial charge in [0.2, 0.25) is 0 Å². The second-order valence-corrected chi connectivity index (χ2v) is 6.06. The molecule has 0 aliphatic heterocycles. The van der Waals surface area contributed by atoms with Crippen LogP contribution in [0.2, 0.25) is 5.02 Å². The van der Waals surface area contributed by atoms with Crippen molar-refractivity contribution in [2.75, 3.05) is 0 Å². The molecule has 1 aliphatic rings. The second-order valence-electron chi connectivity index (χ2n) is 5.62. The minimum Gasteiger partial charge on any atom is -0.309 e. The van der Waals surface area contributed by atoms with Gasteiger partial charge < -0.3 is 5.32 Å². The Hall–Kier alpha value is -1.13. The number of hydrogen-bond donors (Lipinski definition) is 1. The lowest BCUT2D eigenvalue weighted by molar-refractivity contribution is -0.385. The highest BCUT2D eigenvalue weighted by molar-refractivity contribution is 6.30. The van der Waals surface area contributed by atoms with E-state index in [0.717, 1.165) is 12.3 Å². The van der Waals surface area contributed by atoms with Crippen LogP contribution in [0.1, 0.15) is 38.7 Å².